The van der Waals surface area contributed by atoms with Gasteiger partial charge in [-0.05, 0) is 90.0 Å². The lowest BCUT2D eigenvalue weighted by atomic mass is 9.82. The molecule has 0 unspecified atom stereocenters. The van der Waals surface area contributed by atoms with E-state index in [9.17, 15) is 13.2 Å². The summed E-state index contributed by atoms with van der Waals surface area (Å²) >= 11 is 0. The van der Waals surface area contributed by atoms with Crippen LogP contribution in [0.1, 0.15) is 58.2 Å². The summed E-state index contributed by atoms with van der Waals surface area (Å²) in [5.41, 5.74) is 6.25. The average Bonchev–Trinajstić information content (AvgIpc) is 3.15. The molecule has 0 atom stereocenters. The van der Waals surface area contributed by atoms with Gasteiger partial charge in [0.15, 0.2) is 0 Å². The Hall–Kier alpha value is -3.70. The van der Waals surface area contributed by atoms with E-state index in [-0.39, 0.29) is 16.4 Å². The molecule has 0 spiro atoms. The number of alkyl halides is 3. The van der Waals surface area contributed by atoms with Crippen LogP contribution in [0.25, 0.3) is 44.3 Å². The molecule has 2 heterocycles. The molecular formula is C39H40F3NSi. The maximum absolute atomic E-state index is 14.5. The van der Waals surface area contributed by atoms with Crippen LogP contribution in [0.4, 0.5) is 13.2 Å². The van der Waals surface area contributed by atoms with Crippen molar-refractivity contribution < 1.29 is 13.2 Å². The zero-order chi connectivity index (χ0) is 31.8. The lowest BCUT2D eigenvalue weighted by molar-refractivity contribution is -0.137. The van der Waals surface area contributed by atoms with Crippen LogP contribution in [0.3, 0.4) is 0 Å². The van der Waals surface area contributed by atoms with Crippen LogP contribution >= 0.6 is 0 Å². The number of benzene rings is 4. The Morgan fingerprint density at radius 1 is 0.659 bits per heavy atom. The van der Waals surface area contributed by atoms with Crippen LogP contribution in [0.15, 0.2) is 85.1 Å². The fraction of sp³-hybridized carbons (Fsp3) is 0.308. The smallest absolute Gasteiger partial charge is 0.256 e. The van der Waals surface area contributed by atoms with E-state index in [4.69, 9.17) is 0 Å². The van der Waals surface area contributed by atoms with Crippen LogP contribution in [0.2, 0.25) is 13.1 Å². The Balaban J connectivity index is 1.50. The number of fused-ring (bicyclic) bond motifs is 4. The molecule has 1 aliphatic rings. The number of aromatic nitrogens is 1. The monoisotopic (exact) mass is 607 g/mol. The van der Waals surface area contributed by atoms with Gasteiger partial charge in [0.05, 0.1) is 11.3 Å². The number of nitrogens with zero attached hydrogens (tertiary/aromatic N) is 1. The predicted molar refractivity (Wildman–Crippen MR) is 182 cm³/mol. The topological polar surface area (TPSA) is 12.9 Å². The molecule has 1 aliphatic heterocycles. The molecule has 226 valence electrons. The molecule has 6 rings (SSSR count). The number of hydrogen-bond acceptors (Lipinski definition) is 1. The first-order chi connectivity index (χ1) is 20.4. The van der Waals surface area contributed by atoms with Crippen LogP contribution in [0, 0.1) is 5.41 Å². The summed E-state index contributed by atoms with van der Waals surface area (Å²) < 4.78 is 43.5. The van der Waals surface area contributed by atoms with Gasteiger partial charge >= 0.3 is 6.18 Å². The molecule has 0 bridgehead atoms. The van der Waals surface area contributed by atoms with Crippen molar-refractivity contribution in [1.82, 2.24) is 4.98 Å². The van der Waals surface area contributed by atoms with Gasteiger partial charge in [0.1, 0.15) is 8.07 Å². The second-order valence-corrected chi connectivity index (χ2v) is 19.4. The molecule has 0 fully saturated rings. The third kappa shape index (κ3) is 5.40. The van der Waals surface area contributed by atoms with Crippen LogP contribution < -0.4 is 10.4 Å². The standard InChI is InChI=1S/C39H40F3NSi/c1-37(2,3)22-24-13-15-29-30-16-14-26(20-36(30)44(7,8)35(29)17-24)31-21-34(43-23-33(31)39(40,41)42)27-18-25-11-9-10-12-28(25)32(19-27)38(4,5)6/h9-21,23H,22H2,1-8H3. The van der Waals surface area contributed by atoms with Crippen molar-refractivity contribution >= 4 is 29.2 Å². The van der Waals surface area contributed by atoms with Crippen molar-refractivity contribution in [2.75, 3.05) is 0 Å². The quantitative estimate of drug-likeness (QED) is 0.186. The van der Waals surface area contributed by atoms with Gasteiger partial charge in [0, 0.05) is 11.8 Å². The molecule has 0 amide bonds. The maximum atomic E-state index is 14.5. The van der Waals surface area contributed by atoms with E-state index in [1.54, 1.807) is 6.07 Å². The highest BCUT2D eigenvalue weighted by Crippen LogP contribution is 2.41. The summed E-state index contributed by atoms with van der Waals surface area (Å²) in [5, 5.41) is 4.74. The van der Waals surface area contributed by atoms with Gasteiger partial charge in [-0.3, -0.25) is 4.98 Å². The molecular weight excluding hydrogens is 568 g/mol. The van der Waals surface area contributed by atoms with E-state index in [0.717, 1.165) is 40.1 Å². The van der Waals surface area contributed by atoms with E-state index in [1.165, 1.54) is 21.5 Å². The first kappa shape index (κ1) is 30.3. The largest absolute Gasteiger partial charge is 0.418 e. The summed E-state index contributed by atoms with van der Waals surface area (Å²) in [6, 6.07) is 26.6. The molecule has 0 saturated carbocycles. The Morgan fingerprint density at radius 2 is 1.32 bits per heavy atom. The van der Waals surface area contributed by atoms with Crippen molar-refractivity contribution in [2.24, 2.45) is 5.41 Å². The molecule has 4 aromatic carbocycles. The molecule has 0 saturated heterocycles. The molecule has 1 nitrogen and oxygen atoms in total. The third-order valence-corrected chi connectivity index (χ3v) is 12.5. The van der Waals surface area contributed by atoms with E-state index in [2.05, 4.69) is 96.0 Å². The van der Waals surface area contributed by atoms with Crippen molar-refractivity contribution in [3.05, 3.63) is 102 Å². The summed E-state index contributed by atoms with van der Waals surface area (Å²) in [5.74, 6) is 0. The number of rotatable bonds is 3. The normalized spacial score (nSPS) is 14.5. The minimum absolute atomic E-state index is 0.150. The molecule has 0 aliphatic carbocycles. The van der Waals surface area contributed by atoms with Gasteiger partial charge in [0.25, 0.3) is 0 Å². The molecule has 0 radical (unpaired) electrons. The lowest BCUT2D eigenvalue weighted by Crippen LogP contribution is -2.49. The van der Waals surface area contributed by atoms with Crippen molar-refractivity contribution in [2.45, 2.75) is 72.6 Å². The zero-order valence-electron chi connectivity index (χ0n) is 26.9. The third-order valence-electron chi connectivity index (χ3n) is 8.96. The summed E-state index contributed by atoms with van der Waals surface area (Å²) in [6.07, 6.45) is -2.54. The lowest BCUT2D eigenvalue weighted by Gasteiger charge is -2.23. The van der Waals surface area contributed by atoms with Crippen LogP contribution in [0.5, 0.6) is 0 Å². The maximum Gasteiger partial charge on any atom is 0.418 e. The molecule has 5 aromatic rings. The van der Waals surface area contributed by atoms with Gasteiger partial charge in [-0.2, -0.15) is 13.2 Å². The van der Waals surface area contributed by atoms with Crippen LogP contribution in [-0.4, -0.2) is 13.1 Å². The molecule has 5 heteroatoms. The van der Waals surface area contributed by atoms with Crippen molar-refractivity contribution in [3.8, 4) is 33.5 Å². The van der Waals surface area contributed by atoms with Crippen LogP contribution in [-0.2, 0) is 18.0 Å². The minimum atomic E-state index is -4.53. The Bertz CT molecular complexity index is 1920. The molecule has 0 N–H and O–H groups in total. The van der Waals surface area contributed by atoms with E-state index >= 15 is 0 Å². The van der Waals surface area contributed by atoms with Gasteiger partial charge in [0.2, 0.25) is 0 Å². The minimum Gasteiger partial charge on any atom is -0.256 e. The second kappa shape index (κ2) is 10.2. The number of pyridine rings is 1. The SMILES string of the molecule is CC(C)(C)Cc1ccc2c(c1)[Si](C)(C)c1cc(-c3cc(-c4cc(C(C)(C)C)c5ccccc5c4)ncc3C(F)(F)F)ccc1-2. The van der Waals surface area contributed by atoms with Gasteiger partial charge in [-0.25, -0.2) is 0 Å². The van der Waals surface area contributed by atoms with Gasteiger partial charge < -0.3 is 0 Å². The van der Waals surface area contributed by atoms with E-state index in [0.29, 0.717) is 11.3 Å². The Kier molecular flexibility index (Phi) is 7.01. The van der Waals surface area contributed by atoms with E-state index < -0.39 is 19.8 Å². The fourth-order valence-electron chi connectivity index (χ4n) is 6.83. The highest BCUT2D eigenvalue weighted by Gasteiger charge is 2.39. The summed E-state index contributed by atoms with van der Waals surface area (Å²) in [6.45, 7) is 17.8. The van der Waals surface area contributed by atoms with E-state index in [1.807, 2.05) is 36.4 Å². The fourth-order valence-corrected chi connectivity index (χ4v) is 9.97. The average molecular weight is 608 g/mol. The van der Waals surface area contributed by atoms with Gasteiger partial charge in [-0.1, -0.05) is 115 Å². The number of hydrogen-bond donors (Lipinski definition) is 0. The summed E-state index contributed by atoms with van der Waals surface area (Å²) in [7, 11) is -2.15. The first-order valence-corrected chi connectivity index (χ1v) is 18.3. The Morgan fingerprint density at radius 3 is 1.98 bits per heavy atom. The Labute approximate surface area is 260 Å². The second-order valence-electron chi connectivity index (χ2n) is 15.1. The highest BCUT2D eigenvalue weighted by molar-refractivity contribution is 7.03. The number of halogens is 3. The van der Waals surface area contributed by atoms with Crippen molar-refractivity contribution in [1.29, 1.82) is 0 Å². The van der Waals surface area contributed by atoms with Crippen molar-refractivity contribution in [3.63, 3.8) is 0 Å². The first-order valence-electron chi connectivity index (χ1n) is 15.3. The van der Waals surface area contributed by atoms with Gasteiger partial charge in [-0.15, -0.1) is 0 Å². The molecule has 1 aromatic heterocycles. The highest BCUT2D eigenvalue weighted by atomic mass is 28.3. The summed E-state index contributed by atoms with van der Waals surface area (Å²) in [4.78, 5) is 4.39. The molecule has 44 heavy (non-hydrogen) atoms. The zero-order valence-corrected chi connectivity index (χ0v) is 27.9. The predicted octanol–water partition coefficient (Wildman–Crippen LogP) is 10.3.